The maximum Gasteiger partial charge on any atom is 0.208 e. The highest BCUT2D eigenvalue weighted by Gasteiger charge is 2.20. The first-order valence-electron chi connectivity index (χ1n) is 4.30. The number of methoxy groups -OCH3 is 2. The monoisotopic (exact) mass is 278 g/mol. The van der Waals surface area contributed by atoms with E-state index in [9.17, 15) is 9.50 Å². The van der Waals surface area contributed by atoms with Crippen molar-refractivity contribution in [2.45, 2.75) is 13.0 Å². The molecule has 1 aromatic rings. The predicted molar refractivity (Wildman–Crippen MR) is 57.8 cm³/mol. The highest BCUT2D eigenvalue weighted by Crippen LogP contribution is 2.39. The van der Waals surface area contributed by atoms with Crippen LogP contribution in [0.25, 0.3) is 0 Å². The van der Waals surface area contributed by atoms with Crippen LogP contribution in [-0.2, 0) is 0 Å². The number of benzene rings is 1. The van der Waals surface area contributed by atoms with Gasteiger partial charge >= 0.3 is 0 Å². The highest BCUT2D eigenvalue weighted by atomic mass is 79.9. The molecule has 0 saturated carbocycles. The van der Waals surface area contributed by atoms with Crippen molar-refractivity contribution in [1.82, 2.24) is 0 Å². The average molecular weight is 279 g/mol. The summed E-state index contributed by atoms with van der Waals surface area (Å²) in [5, 5.41) is 9.44. The Bertz CT molecular complexity index is 366. The Morgan fingerprint density at radius 1 is 1.33 bits per heavy atom. The van der Waals surface area contributed by atoms with E-state index in [2.05, 4.69) is 15.9 Å². The van der Waals surface area contributed by atoms with Crippen LogP contribution in [0.1, 0.15) is 18.6 Å². The maximum absolute atomic E-state index is 13.8. The van der Waals surface area contributed by atoms with Crippen LogP contribution in [-0.4, -0.2) is 19.3 Å². The van der Waals surface area contributed by atoms with Gasteiger partial charge in [0.15, 0.2) is 11.5 Å². The smallest absolute Gasteiger partial charge is 0.208 e. The SMILES string of the molecule is COc1c(Br)cc(C(C)O)c(OC)c1F. The third-order valence-electron chi connectivity index (χ3n) is 2.02. The van der Waals surface area contributed by atoms with Crippen molar-refractivity contribution in [3.63, 3.8) is 0 Å². The fourth-order valence-corrected chi connectivity index (χ4v) is 1.89. The topological polar surface area (TPSA) is 38.7 Å². The minimum Gasteiger partial charge on any atom is -0.493 e. The lowest BCUT2D eigenvalue weighted by Gasteiger charge is -2.15. The van der Waals surface area contributed by atoms with Crippen molar-refractivity contribution in [2.75, 3.05) is 14.2 Å². The van der Waals surface area contributed by atoms with Crippen LogP contribution in [0.2, 0.25) is 0 Å². The molecule has 0 aromatic heterocycles. The first-order chi connectivity index (χ1) is 7.02. The number of halogens is 2. The van der Waals surface area contributed by atoms with Crippen LogP contribution in [0.5, 0.6) is 11.5 Å². The van der Waals surface area contributed by atoms with E-state index in [1.165, 1.54) is 21.1 Å². The fraction of sp³-hybridized carbons (Fsp3) is 0.400. The number of hydrogen-bond acceptors (Lipinski definition) is 3. The molecule has 0 fully saturated rings. The van der Waals surface area contributed by atoms with E-state index in [0.29, 0.717) is 10.0 Å². The van der Waals surface area contributed by atoms with Gasteiger partial charge in [-0.3, -0.25) is 0 Å². The molecule has 1 aromatic carbocycles. The Kier molecular flexibility index (Phi) is 3.93. The third-order valence-corrected chi connectivity index (χ3v) is 2.61. The third kappa shape index (κ3) is 2.23. The van der Waals surface area contributed by atoms with Gasteiger partial charge in [-0.1, -0.05) is 0 Å². The van der Waals surface area contributed by atoms with Crippen LogP contribution in [0, 0.1) is 5.82 Å². The van der Waals surface area contributed by atoms with Gasteiger partial charge in [0, 0.05) is 5.56 Å². The summed E-state index contributed by atoms with van der Waals surface area (Å²) >= 11 is 3.16. The Morgan fingerprint density at radius 2 is 1.87 bits per heavy atom. The van der Waals surface area contributed by atoms with Crippen molar-refractivity contribution in [3.05, 3.63) is 21.9 Å². The number of ether oxygens (including phenoxy) is 2. The molecule has 0 heterocycles. The van der Waals surface area contributed by atoms with Crippen LogP contribution >= 0.6 is 15.9 Å². The highest BCUT2D eigenvalue weighted by molar-refractivity contribution is 9.10. The standard InChI is InChI=1S/C10H12BrFO3/c1-5(13)6-4-7(11)10(15-3)8(12)9(6)14-2/h4-5,13H,1-3H3. The molecule has 5 heteroatoms. The lowest BCUT2D eigenvalue weighted by Crippen LogP contribution is -2.02. The molecule has 0 bridgehead atoms. The summed E-state index contributed by atoms with van der Waals surface area (Å²) < 4.78 is 24.0. The zero-order valence-corrected chi connectivity index (χ0v) is 10.3. The molecule has 0 aliphatic carbocycles. The number of hydrogen-bond donors (Lipinski definition) is 1. The van der Waals surface area contributed by atoms with Gasteiger partial charge in [-0.25, -0.2) is 0 Å². The normalized spacial score (nSPS) is 12.4. The summed E-state index contributed by atoms with van der Waals surface area (Å²) in [5.41, 5.74) is 0.377. The Morgan fingerprint density at radius 3 is 2.27 bits per heavy atom. The van der Waals surface area contributed by atoms with Gasteiger partial charge in [-0.15, -0.1) is 0 Å². The van der Waals surface area contributed by atoms with Gasteiger partial charge in [0.05, 0.1) is 24.8 Å². The Balaban J connectivity index is 3.44. The van der Waals surface area contributed by atoms with E-state index in [4.69, 9.17) is 9.47 Å². The van der Waals surface area contributed by atoms with Crippen molar-refractivity contribution in [3.8, 4) is 11.5 Å². The minimum atomic E-state index is -0.809. The summed E-state index contributed by atoms with van der Waals surface area (Å²) in [6, 6.07) is 1.57. The number of aliphatic hydroxyl groups excluding tert-OH is 1. The largest absolute Gasteiger partial charge is 0.493 e. The number of rotatable bonds is 3. The number of aliphatic hydroxyl groups is 1. The first-order valence-corrected chi connectivity index (χ1v) is 5.10. The molecule has 1 rings (SSSR count). The molecule has 15 heavy (non-hydrogen) atoms. The van der Waals surface area contributed by atoms with Gasteiger partial charge in [0.2, 0.25) is 5.82 Å². The zero-order chi connectivity index (χ0) is 11.6. The van der Waals surface area contributed by atoms with E-state index in [1.807, 2.05) is 0 Å². The predicted octanol–water partition coefficient (Wildman–Crippen LogP) is 2.66. The van der Waals surface area contributed by atoms with E-state index in [1.54, 1.807) is 6.07 Å². The summed E-state index contributed by atoms with van der Waals surface area (Å²) in [5.74, 6) is -0.549. The first kappa shape index (κ1) is 12.3. The quantitative estimate of drug-likeness (QED) is 0.924. The van der Waals surface area contributed by atoms with Crippen molar-refractivity contribution >= 4 is 15.9 Å². The molecule has 1 atom stereocenters. The summed E-state index contributed by atoms with van der Waals surface area (Å²) in [4.78, 5) is 0. The maximum atomic E-state index is 13.8. The fourth-order valence-electron chi connectivity index (χ4n) is 1.31. The Labute approximate surface area is 95.9 Å². The van der Waals surface area contributed by atoms with Crippen LogP contribution in [0.3, 0.4) is 0 Å². The molecule has 0 radical (unpaired) electrons. The lowest BCUT2D eigenvalue weighted by atomic mass is 10.1. The lowest BCUT2D eigenvalue weighted by molar-refractivity contribution is 0.192. The second-order valence-corrected chi connectivity index (χ2v) is 3.86. The Hall–Kier alpha value is -0.810. The van der Waals surface area contributed by atoms with Crippen LogP contribution in [0.4, 0.5) is 4.39 Å². The van der Waals surface area contributed by atoms with E-state index < -0.39 is 11.9 Å². The van der Waals surface area contributed by atoms with Crippen LogP contribution < -0.4 is 9.47 Å². The minimum absolute atomic E-state index is 0.00468. The molecular weight excluding hydrogens is 267 g/mol. The summed E-state index contributed by atoms with van der Waals surface area (Å²) in [6.45, 7) is 1.54. The van der Waals surface area contributed by atoms with Gasteiger partial charge in [0.1, 0.15) is 0 Å². The molecule has 1 N–H and O–H groups in total. The van der Waals surface area contributed by atoms with Crippen LogP contribution in [0.15, 0.2) is 10.5 Å². The van der Waals surface area contributed by atoms with Gasteiger partial charge in [-0.2, -0.15) is 4.39 Å². The van der Waals surface area contributed by atoms with Gasteiger partial charge in [0.25, 0.3) is 0 Å². The molecule has 84 valence electrons. The van der Waals surface area contributed by atoms with Crippen molar-refractivity contribution in [1.29, 1.82) is 0 Å². The molecule has 0 saturated heterocycles. The van der Waals surface area contributed by atoms with E-state index >= 15 is 0 Å². The molecule has 0 aliphatic rings. The summed E-state index contributed by atoms with van der Waals surface area (Å²) in [7, 11) is 2.71. The van der Waals surface area contributed by atoms with Gasteiger partial charge < -0.3 is 14.6 Å². The van der Waals surface area contributed by atoms with Gasteiger partial charge in [-0.05, 0) is 28.9 Å². The van der Waals surface area contributed by atoms with E-state index in [-0.39, 0.29) is 11.5 Å². The molecule has 0 aliphatic heterocycles. The van der Waals surface area contributed by atoms with Crippen molar-refractivity contribution < 1.29 is 19.0 Å². The molecule has 0 amide bonds. The van der Waals surface area contributed by atoms with E-state index in [0.717, 1.165) is 0 Å². The second-order valence-electron chi connectivity index (χ2n) is 3.00. The van der Waals surface area contributed by atoms with Crippen molar-refractivity contribution in [2.24, 2.45) is 0 Å². The molecule has 0 spiro atoms. The molecule has 3 nitrogen and oxygen atoms in total. The molecular formula is C10H12BrFO3. The average Bonchev–Trinajstić information content (AvgIpc) is 2.17. The molecule has 1 unspecified atom stereocenters. The summed E-state index contributed by atoms with van der Waals surface area (Å²) in [6.07, 6.45) is -0.809. The zero-order valence-electron chi connectivity index (χ0n) is 8.67. The second kappa shape index (κ2) is 4.81.